The first-order valence-electron chi connectivity index (χ1n) is 7.61. The Kier molecular flexibility index (Phi) is 7.33. The SMILES string of the molecule is CC1CCCC(N(C)C(=O)CCCCCCN)C1. The summed E-state index contributed by atoms with van der Waals surface area (Å²) in [6.07, 6.45) is 10.1. The molecule has 2 unspecified atom stereocenters. The highest BCUT2D eigenvalue weighted by Gasteiger charge is 2.24. The van der Waals surface area contributed by atoms with Crippen LogP contribution in [0.15, 0.2) is 0 Å². The van der Waals surface area contributed by atoms with Crippen LogP contribution in [0.5, 0.6) is 0 Å². The molecule has 18 heavy (non-hydrogen) atoms. The van der Waals surface area contributed by atoms with Gasteiger partial charge in [0.25, 0.3) is 0 Å². The first kappa shape index (κ1) is 15.5. The maximum absolute atomic E-state index is 12.1. The largest absolute Gasteiger partial charge is 0.343 e. The van der Waals surface area contributed by atoms with Crippen molar-refractivity contribution in [2.75, 3.05) is 13.6 Å². The van der Waals surface area contributed by atoms with Crippen molar-refractivity contribution in [3.63, 3.8) is 0 Å². The number of carbonyl (C=O) groups excluding carboxylic acids is 1. The van der Waals surface area contributed by atoms with Gasteiger partial charge in [-0.2, -0.15) is 0 Å². The lowest BCUT2D eigenvalue weighted by atomic mass is 9.86. The second kappa shape index (κ2) is 8.52. The minimum atomic E-state index is 0.335. The monoisotopic (exact) mass is 254 g/mol. The van der Waals surface area contributed by atoms with E-state index in [0.29, 0.717) is 18.4 Å². The highest BCUT2D eigenvalue weighted by molar-refractivity contribution is 5.76. The summed E-state index contributed by atoms with van der Waals surface area (Å²) >= 11 is 0. The van der Waals surface area contributed by atoms with Crippen LogP contribution in [0, 0.1) is 5.92 Å². The molecule has 0 spiro atoms. The van der Waals surface area contributed by atoms with Crippen LogP contribution in [0.4, 0.5) is 0 Å². The average Bonchev–Trinajstić information content (AvgIpc) is 2.37. The summed E-state index contributed by atoms with van der Waals surface area (Å²) in [6.45, 7) is 3.07. The topological polar surface area (TPSA) is 46.3 Å². The summed E-state index contributed by atoms with van der Waals surface area (Å²) in [4.78, 5) is 14.1. The molecule has 0 aromatic carbocycles. The maximum atomic E-state index is 12.1. The second-order valence-electron chi connectivity index (χ2n) is 5.88. The zero-order valence-corrected chi connectivity index (χ0v) is 12.2. The van der Waals surface area contributed by atoms with Crippen LogP contribution in [-0.4, -0.2) is 30.4 Å². The molecule has 0 bridgehead atoms. The lowest BCUT2D eigenvalue weighted by Gasteiger charge is -2.34. The number of nitrogens with zero attached hydrogens (tertiary/aromatic N) is 1. The Labute approximate surface area is 112 Å². The Bertz CT molecular complexity index is 243. The molecule has 1 rings (SSSR count). The summed E-state index contributed by atoms with van der Waals surface area (Å²) < 4.78 is 0. The summed E-state index contributed by atoms with van der Waals surface area (Å²) in [6, 6.07) is 0.491. The molecule has 0 radical (unpaired) electrons. The van der Waals surface area contributed by atoms with Crippen LogP contribution in [0.3, 0.4) is 0 Å². The summed E-state index contributed by atoms with van der Waals surface area (Å²) in [7, 11) is 1.99. The van der Waals surface area contributed by atoms with Crippen molar-refractivity contribution in [3.05, 3.63) is 0 Å². The van der Waals surface area contributed by atoms with E-state index < -0.39 is 0 Å². The number of nitrogens with two attached hydrogens (primary N) is 1. The second-order valence-corrected chi connectivity index (χ2v) is 5.88. The molecule has 1 amide bonds. The molecule has 106 valence electrons. The van der Waals surface area contributed by atoms with Gasteiger partial charge in [0.1, 0.15) is 0 Å². The molecule has 2 atom stereocenters. The number of unbranched alkanes of at least 4 members (excludes halogenated alkanes) is 3. The molecule has 1 fully saturated rings. The standard InChI is InChI=1S/C15H30N2O/c1-13-8-7-9-14(12-13)17(2)15(18)10-5-3-4-6-11-16/h13-14H,3-12,16H2,1-2H3. The molecule has 1 saturated carbocycles. The Morgan fingerprint density at radius 1 is 1.22 bits per heavy atom. The fourth-order valence-corrected chi connectivity index (χ4v) is 2.91. The summed E-state index contributed by atoms with van der Waals surface area (Å²) in [5.74, 6) is 1.12. The Hall–Kier alpha value is -0.570. The third-order valence-electron chi connectivity index (χ3n) is 4.19. The van der Waals surface area contributed by atoms with Gasteiger partial charge in [-0.1, -0.05) is 32.6 Å². The van der Waals surface area contributed by atoms with Crippen LogP contribution >= 0.6 is 0 Å². The number of hydrogen-bond acceptors (Lipinski definition) is 2. The Balaban J connectivity index is 2.19. The molecular formula is C15H30N2O. The first-order valence-corrected chi connectivity index (χ1v) is 7.61. The van der Waals surface area contributed by atoms with Crippen molar-refractivity contribution < 1.29 is 4.79 Å². The Morgan fingerprint density at radius 3 is 2.61 bits per heavy atom. The van der Waals surface area contributed by atoms with E-state index in [9.17, 15) is 4.79 Å². The fourth-order valence-electron chi connectivity index (χ4n) is 2.91. The third-order valence-corrected chi connectivity index (χ3v) is 4.19. The van der Waals surface area contributed by atoms with Gasteiger partial charge >= 0.3 is 0 Å². The summed E-state index contributed by atoms with van der Waals surface area (Å²) in [5.41, 5.74) is 5.45. The van der Waals surface area contributed by atoms with Crippen LogP contribution in [0.1, 0.15) is 64.7 Å². The number of hydrogen-bond donors (Lipinski definition) is 1. The van der Waals surface area contributed by atoms with Crippen molar-refractivity contribution in [2.24, 2.45) is 11.7 Å². The zero-order valence-electron chi connectivity index (χ0n) is 12.2. The van der Waals surface area contributed by atoms with Gasteiger partial charge in [0.05, 0.1) is 0 Å². The van der Waals surface area contributed by atoms with Gasteiger partial charge in [-0.3, -0.25) is 4.79 Å². The number of carbonyl (C=O) groups is 1. The normalized spacial score (nSPS) is 23.9. The molecule has 1 aliphatic carbocycles. The highest BCUT2D eigenvalue weighted by Crippen LogP contribution is 2.27. The van der Waals surface area contributed by atoms with Crippen LogP contribution < -0.4 is 5.73 Å². The van der Waals surface area contributed by atoms with Crippen LogP contribution in [0.2, 0.25) is 0 Å². The molecule has 0 aromatic rings. The quantitative estimate of drug-likeness (QED) is 0.710. The van der Waals surface area contributed by atoms with Gasteiger partial charge in [-0.05, 0) is 38.1 Å². The zero-order chi connectivity index (χ0) is 13.4. The lowest BCUT2D eigenvalue weighted by molar-refractivity contribution is -0.132. The van der Waals surface area contributed by atoms with E-state index in [0.717, 1.165) is 38.1 Å². The van der Waals surface area contributed by atoms with Crippen molar-refractivity contribution >= 4 is 5.91 Å². The number of amides is 1. The van der Waals surface area contributed by atoms with Crippen molar-refractivity contribution in [1.82, 2.24) is 4.90 Å². The molecule has 2 N–H and O–H groups in total. The molecule has 0 aromatic heterocycles. The first-order chi connectivity index (χ1) is 8.65. The molecule has 0 heterocycles. The predicted molar refractivity (Wildman–Crippen MR) is 76.3 cm³/mol. The van der Waals surface area contributed by atoms with Crippen molar-refractivity contribution in [1.29, 1.82) is 0 Å². The maximum Gasteiger partial charge on any atom is 0.222 e. The smallest absolute Gasteiger partial charge is 0.222 e. The lowest BCUT2D eigenvalue weighted by Crippen LogP contribution is -2.39. The van der Waals surface area contributed by atoms with Crippen molar-refractivity contribution in [3.8, 4) is 0 Å². The Morgan fingerprint density at radius 2 is 1.94 bits per heavy atom. The molecule has 0 saturated heterocycles. The molecule has 0 aliphatic heterocycles. The van der Waals surface area contributed by atoms with Gasteiger partial charge in [0, 0.05) is 19.5 Å². The van der Waals surface area contributed by atoms with E-state index in [1.807, 2.05) is 11.9 Å². The minimum Gasteiger partial charge on any atom is -0.343 e. The van der Waals surface area contributed by atoms with Crippen LogP contribution in [-0.2, 0) is 4.79 Å². The van der Waals surface area contributed by atoms with Crippen molar-refractivity contribution in [2.45, 2.75) is 70.8 Å². The fraction of sp³-hybridized carbons (Fsp3) is 0.933. The average molecular weight is 254 g/mol. The van der Waals surface area contributed by atoms with Gasteiger partial charge in [0.15, 0.2) is 0 Å². The van der Waals surface area contributed by atoms with E-state index in [2.05, 4.69) is 6.92 Å². The predicted octanol–water partition coefficient (Wildman–Crippen LogP) is 2.93. The van der Waals surface area contributed by atoms with Crippen LogP contribution in [0.25, 0.3) is 0 Å². The van der Waals surface area contributed by atoms with E-state index in [-0.39, 0.29) is 0 Å². The van der Waals surface area contributed by atoms with E-state index in [4.69, 9.17) is 5.73 Å². The van der Waals surface area contributed by atoms with E-state index >= 15 is 0 Å². The van der Waals surface area contributed by atoms with E-state index in [1.54, 1.807) is 0 Å². The van der Waals surface area contributed by atoms with Gasteiger partial charge in [-0.15, -0.1) is 0 Å². The molecule has 3 heteroatoms. The minimum absolute atomic E-state index is 0.335. The summed E-state index contributed by atoms with van der Waals surface area (Å²) in [5, 5.41) is 0. The van der Waals surface area contributed by atoms with E-state index in [1.165, 1.54) is 25.7 Å². The molecule has 3 nitrogen and oxygen atoms in total. The molecular weight excluding hydrogens is 224 g/mol. The number of rotatable bonds is 7. The van der Waals surface area contributed by atoms with Gasteiger partial charge in [0.2, 0.25) is 5.91 Å². The van der Waals surface area contributed by atoms with Gasteiger partial charge < -0.3 is 10.6 Å². The third kappa shape index (κ3) is 5.38. The highest BCUT2D eigenvalue weighted by atomic mass is 16.2. The van der Waals surface area contributed by atoms with Gasteiger partial charge in [-0.25, -0.2) is 0 Å². The molecule has 1 aliphatic rings.